The van der Waals surface area contributed by atoms with Crippen LogP contribution in [-0.4, -0.2) is 25.3 Å². The molecular weight excluding hydrogens is 1840 g/mol. The van der Waals surface area contributed by atoms with Crippen molar-refractivity contribution < 1.29 is 9.13 Å². The Morgan fingerprint density at radius 1 is 0.171 bits per heavy atom. The molecule has 0 fully saturated rings. The van der Waals surface area contributed by atoms with Gasteiger partial charge in [0.05, 0.1) is 22.1 Å². The Morgan fingerprint density at radius 3 is 0.781 bits per heavy atom. The zero-order valence-electron chi connectivity index (χ0n) is 81.1. The molecule has 8 heteroatoms. The third kappa shape index (κ3) is 12.1. The maximum atomic E-state index is 17.6. The zero-order valence-corrected chi connectivity index (χ0v) is 84.9. The normalized spacial score (nSPS) is 14.2. The Morgan fingerprint density at radius 2 is 0.418 bits per heavy atom. The van der Waals surface area contributed by atoms with Gasteiger partial charge in [0.2, 0.25) is 0 Å². The lowest BCUT2D eigenvalue weighted by molar-refractivity contribution is 0.591. The van der Waals surface area contributed by atoms with Crippen LogP contribution in [0.25, 0.3) is 164 Å². The van der Waals surface area contributed by atoms with E-state index < -0.39 is 30.4 Å². The fourth-order valence-electron chi connectivity index (χ4n) is 26.9. The summed E-state index contributed by atoms with van der Waals surface area (Å²) in [7, 11) is -12.8. The number of para-hydroxylation sites is 4. The van der Waals surface area contributed by atoms with Crippen molar-refractivity contribution in [3.63, 3.8) is 0 Å². The Kier molecular flexibility index (Phi) is 19.1. The minimum absolute atomic E-state index is 0.163. The number of fused-ring (bicyclic) bond motifs is 30. The minimum atomic E-state index is -3.67. The summed E-state index contributed by atoms with van der Waals surface area (Å²) in [5, 5.41) is 34.7. The van der Waals surface area contributed by atoms with Crippen molar-refractivity contribution >= 4 is 212 Å². The molecule has 0 bridgehead atoms. The summed E-state index contributed by atoms with van der Waals surface area (Å²) in [6, 6.07) is 187. The molecule has 0 N–H and O–H groups in total. The quantitative estimate of drug-likeness (QED) is 0.0695. The molecule has 26 aromatic rings. The molecule has 30 rings (SSSR count). The van der Waals surface area contributed by atoms with E-state index in [-0.39, 0.29) is 10.8 Å². The van der Waals surface area contributed by atoms with E-state index >= 15 is 9.13 Å². The summed E-state index contributed by atoms with van der Waals surface area (Å²) >= 11 is 0. The molecule has 24 aromatic carbocycles. The molecule has 2 aromatic heterocycles. The lowest BCUT2D eigenvalue weighted by Crippen LogP contribution is -2.72. The van der Waals surface area contributed by atoms with Gasteiger partial charge in [0.1, 0.15) is 0 Å². The minimum Gasteiger partial charge on any atom is -0.309 e. The van der Waals surface area contributed by atoms with E-state index in [1.807, 2.05) is 0 Å². The van der Waals surface area contributed by atoms with Crippen molar-refractivity contribution in [2.45, 2.75) is 38.5 Å². The highest BCUT2D eigenvalue weighted by molar-refractivity contribution is 7.85. The lowest BCUT2D eigenvalue weighted by atomic mass is 9.82. The first-order chi connectivity index (χ1) is 71.7. The molecule has 0 spiro atoms. The smallest absolute Gasteiger partial charge is 0.180 e. The van der Waals surface area contributed by atoms with Gasteiger partial charge in [0.15, 0.2) is 30.4 Å². The van der Waals surface area contributed by atoms with E-state index in [2.05, 4.69) is 546 Å². The standard InChI is InChI=1S/C72H47N2OPSi.C66H49OPSi/c75-76(51-38-41-69-64(44-51)58-31-15-18-34-67(58)73(69)48-21-5-1-6-22-48,52-39-42-70-65(45-52)59-32-16-19-35-68(59)74(70)49-23-7-2-8-24-49)50-37-40-57-61(43-50)55-29-13-14-30-56(55)62-46-66-60-33-17-20-36-71(60)77(72(66)47-63(57)62,53-25-9-3-10-26-53)54-27-11-4-12-28-54;1-65(2)59-28-16-13-25-50(59)56-38-43(32-35-61(56)65)68(67,44-33-36-62-57(39-44)51-26-14-17-29-60(51)66(62,3)4)42-31-34-49-53(37-42)47-23-11-12-24-48(47)54-40-58-52-27-15-18-30-63(52)69(64(58)41-55(49)54,45-19-7-5-8-20-45)46-21-9-6-10-22-46/h1-47H;5-41H,1-4H3. The molecule has 2 aliphatic heterocycles. The summed E-state index contributed by atoms with van der Waals surface area (Å²) in [6.45, 7) is 9.26. The van der Waals surface area contributed by atoms with Crippen LogP contribution in [0.4, 0.5) is 0 Å². The summed E-state index contributed by atoms with van der Waals surface area (Å²) in [5.41, 5.74) is 21.5. The summed E-state index contributed by atoms with van der Waals surface area (Å²) in [5.74, 6) is 0. The van der Waals surface area contributed by atoms with Gasteiger partial charge in [-0.3, -0.25) is 0 Å². The molecule has 4 aliphatic rings. The SMILES string of the molecule is CC1(C)c2ccccc2-c2cc(P(=O)(c3ccc4c(c3)-c3ccccc3C4(C)C)c3ccc4c(c3)c3ccccc3c3cc5c(cc43)[Si](c3ccccc3)(c3ccccc3)c3ccccc3-5)ccc21.O=P(c1ccc2c(c1)c1ccccc1c1cc3c(cc21)[Si](c1ccccc1)(c1ccccc1)c1ccccc1-3)(c1ccc2c(c1)c1ccccc1n2-c1ccccc1)c1ccc2c(c1)c1ccccc1n2-c1ccccc1. The average Bonchev–Trinajstić information content (AvgIpc) is 1.52. The van der Waals surface area contributed by atoms with Crippen LogP contribution in [0.15, 0.2) is 510 Å². The van der Waals surface area contributed by atoms with Gasteiger partial charge in [-0.25, -0.2) is 0 Å². The van der Waals surface area contributed by atoms with Gasteiger partial charge in [-0.05, 0) is 282 Å². The van der Waals surface area contributed by atoms with Crippen LogP contribution in [-0.2, 0) is 20.0 Å². The van der Waals surface area contributed by atoms with Crippen molar-refractivity contribution in [2.75, 3.05) is 0 Å². The fraction of sp³-hybridized carbons (Fsp3) is 0.0435. The largest absolute Gasteiger partial charge is 0.309 e. The van der Waals surface area contributed by atoms with Gasteiger partial charge >= 0.3 is 0 Å². The monoisotopic (exact) mass is 1930 g/mol. The van der Waals surface area contributed by atoms with E-state index in [1.165, 1.54) is 151 Å². The number of hydrogen-bond acceptors (Lipinski definition) is 2. The van der Waals surface area contributed by atoms with Crippen LogP contribution in [0, 0.1) is 0 Å². The van der Waals surface area contributed by atoms with Crippen LogP contribution in [0.3, 0.4) is 0 Å². The summed E-state index contributed by atoms with van der Waals surface area (Å²) < 4.78 is 39.6. The molecule has 0 unspecified atom stereocenters. The number of rotatable bonds is 12. The van der Waals surface area contributed by atoms with Crippen LogP contribution in [0.1, 0.15) is 49.9 Å². The summed E-state index contributed by atoms with van der Waals surface area (Å²) in [6.07, 6.45) is 0. The number of nitrogens with zero attached hydrogens (tertiary/aromatic N) is 2. The third-order valence-electron chi connectivity index (χ3n) is 33.5. The first kappa shape index (κ1) is 86.0. The second-order valence-corrected chi connectivity index (χ2v) is 54.3. The van der Waals surface area contributed by atoms with Gasteiger partial charge in [-0.1, -0.05) is 428 Å². The first-order valence-electron chi connectivity index (χ1n) is 50.9. The topological polar surface area (TPSA) is 44.0 Å². The molecule has 0 saturated heterocycles. The summed E-state index contributed by atoms with van der Waals surface area (Å²) in [4.78, 5) is 0. The van der Waals surface area contributed by atoms with Gasteiger partial charge < -0.3 is 18.3 Å². The van der Waals surface area contributed by atoms with Crippen molar-refractivity contribution in [3.05, 3.63) is 532 Å². The molecule has 0 atom stereocenters. The van der Waals surface area contributed by atoms with Crippen molar-refractivity contribution in [3.8, 4) is 55.9 Å². The lowest BCUT2D eigenvalue weighted by Gasteiger charge is -2.31. The number of benzene rings is 24. The molecule has 0 radical (unpaired) electrons. The Bertz CT molecular complexity index is 9800. The maximum Gasteiger partial charge on any atom is 0.180 e. The van der Waals surface area contributed by atoms with Gasteiger partial charge in [-0.15, -0.1) is 0 Å². The molecule has 2 aliphatic carbocycles. The number of aromatic nitrogens is 2. The Hall–Kier alpha value is -16.7. The molecule has 4 heterocycles. The van der Waals surface area contributed by atoms with Gasteiger partial charge in [0.25, 0.3) is 0 Å². The van der Waals surface area contributed by atoms with Crippen molar-refractivity contribution in [1.29, 1.82) is 0 Å². The highest BCUT2D eigenvalue weighted by atomic mass is 31.2. The molecule has 0 saturated carbocycles. The van der Waals surface area contributed by atoms with Crippen LogP contribution in [0.2, 0.25) is 0 Å². The third-order valence-corrected chi connectivity index (χ3v) is 49.2. The van der Waals surface area contributed by atoms with Crippen molar-refractivity contribution in [2.24, 2.45) is 0 Å². The highest BCUT2D eigenvalue weighted by Gasteiger charge is 2.52. The predicted octanol–water partition coefficient (Wildman–Crippen LogP) is 27.1. The maximum absolute atomic E-state index is 17.6. The van der Waals surface area contributed by atoms with E-state index in [0.717, 1.165) is 108 Å². The van der Waals surface area contributed by atoms with Crippen LogP contribution >= 0.6 is 14.3 Å². The predicted molar refractivity (Wildman–Crippen MR) is 626 cm³/mol. The van der Waals surface area contributed by atoms with Crippen LogP contribution < -0.4 is 73.3 Å². The van der Waals surface area contributed by atoms with Crippen molar-refractivity contribution in [1.82, 2.24) is 9.13 Å². The Labute approximate surface area is 849 Å². The van der Waals surface area contributed by atoms with E-state index in [0.29, 0.717) is 0 Å². The first-order valence-corrected chi connectivity index (χ1v) is 58.3. The zero-order chi connectivity index (χ0) is 97.3. The number of hydrogen-bond donors (Lipinski definition) is 0. The van der Waals surface area contributed by atoms with E-state index in [1.54, 1.807) is 0 Å². The van der Waals surface area contributed by atoms with E-state index in [4.69, 9.17) is 0 Å². The van der Waals surface area contributed by atoms with Gasteiger partial charge in [0, 0.05) is 75.6 Å². The van der Waals surface area contributed by atoms with E-state index in [9.17, 15) is 0 Å². The highest BCUT2D eigenvalue weighted by Crippen LogP contribution is 2.56. The second-order valence-electron chi connectivity index (χ2n) is 41.3. The molecule has 146 heavy (non-hydrogen) atoms. The Balaban J connectivity index is 0.000000139. The van der Waals surface area contributed by atoms with Crippen LogP contribution in [0.5, 0.6) is 0 Å². The second kappa shape index (κ2) is 32.4. The molecule has 4 nitrogen and oxygen atoms in total. The van der Waals surface area contributed by atoms with Gasteiger partial charge in [-0.2, -0.15) is 0 Å². The molecular formula is C138H96N2O2P2Si2. The molecule has 688 valence electrons. The average molecular weight is 1930 g/mol. The molecule has 0 amide bonds. The fourth-order valence-corrected chi connectivity index (χ4v) is 42.6.